The fraction of sp³-hybridized carbons (Fsp3) is 0.333. The third kappa shape index (κ3) is 4.60. The molecule has 0 spiro atoms. The highest BCUT2D eigenvalue weighted by Crippen LogP contribution is 2.31. The minimum atomic E-state index is -3.78. The lowest BCUT2D eigenvalue weighted by molar-refractivity contribution is 0.190. The number of hydrogen-bond acceptors (Lipinski definition) is 3. The maximum atomic E-state index is 13.7. The van der Waals surface area contributed by atoms with E-state index in [0.29, 0.717) is 31.6 Å². The van der Waals surface area contributed by atoms with Crippen LogP contribution < -0.4 is 0 Å². The van der Waals surface area contributed by atoms with Gasteiger partial charge in [-0.3, -0.25) is 0 Å². The summed E-state index contributed by atoms with van der Waals surface area (Å²) in [5.74, 6) is -1.17. The fourth-order valence-corrected chi connectivity index (χ4v) is 5.57. The van der Waals surface area contributed by atoms with Gasteiger partial charge in [-0.05, 0) is 30.2 Å². The van der Waals surface area contributed by atoms with Crippen LogP contribution in [0.1, 0.15) is 5.56 Å². The molecule has 3 rings (SSSR count). The molecule has 9 heteroatoms. The Hall–Kier alpha value is -1.25. The lowest BCUT2D eigenvalue weighted by Crippen LogP contribution is -2.49. The maximum absolute atomic E-state index is 13.7. The summed E-state index contributed by atoms with van der Waals surface area (Å²) in [7, 11) is -3.78. The molecule has 0 bridgehead atoms. The molecule has 4 nitrogen and oxygen atoms in total. The van der Waals surface area contributed by atoms with E-state index in [4.69, 9.17) is 23.2 Å². The molecule has 1 aliphatic rings. The molecule has 0 radical (unpaired) electrons. The van der Waals surface area contributed by atoms with Gasteiger partial charge in [-0.1, -0.05) is 35.3 Å². The molecule has 2 aromatic carbocycles. The van der Waals surface area contributed by atoms with Crippen molar-refractivity contribution in [1.82, 2.24) is 9.21 Å². The summed E-state index contributed by atoms with van der Waals surface area (Å²) in [5, 5.41) is 0.188. The van der Waals surface area contributed by atoms with Crippen molar-refractivity contribution in [1.29, 1.82) is 0 Å². The van der Waals surface area contributed by atoms with Crippen LogP contribution in [0.25, 0.3) is 0 Å². The largest absolute Gasteiger partial charge is 0.300 e. The highest BCUT2D eigenvalue weighted by molar-refractivity contribution is 7.89. The predicted octanol–water partition coefficient (Wildman–Crippen LogP) is 3.82. The van der Waals surface area contributed by atoms with Gasteiger partial charge in [0, 0.05) is 38.8 Å². The number of nitrogens with zero attached hydrogens (tertiary/aromatic N) is 2. The van der Waals surface area contributed by atoms with E-state index in [9.17, 15) is 17.2 Å². The first-order valence-electron chi connectivity index (χ1n) is 8.39. The van der Waals surface area contributed by atoms with Crippen LogP contribution in [0.3, 0.4) is 0 Å². The van der Waals surface area contributed by atoms with Crippen LogP contribution in [-0.4, -0.2) is 50.3 Å². The second-order valence-electron chi connectivity index (χ2n) is 6.28. The Bertz CT molecular complexity index is 913. The van der Waals surface area contributed by atoms with Crippen LogP contribution in [0, 0.1) is 11.6 Å². The Balaban J connectivity index is 1.61. The number of rotatable bonds is 5. The highest BCUT2D eigenvalue weighted by Gasteiger charge is 2.31. The van der Waals surface area contributed by atoms with Crippen molar-refractivity contribution in [3.63, 3.8) is 0 Å². The Morgan fingerprint density at radius 1 is 0.963 bits per heavy atom. The monoisotopic (exact) mass is 434 g/mol. The first-order valence-corrected chi connectivity index (χ1v) is 10.6. The number of piperazine rings is 1. The number of sulfonamides is 1. The summed E-state index contributed by atoms with van der Waals surface area (Å²) in [6.07, 6.45) is 0.426. The molecule has 0 aliphatic carbocycles. The van der Waals surface area contributed by atoms with Gasteiger partial charge in [-0.2, -0.15) is 4.31 Å². The van der Waals surface area contributed by atoms with Gasteiger partial charge in [0.05, 0.1) is 10.0 Å². The summed E-state index contributed by atoms with van der Waals surface area (Å²) in [4.78, 5) is 1.97. The molecule has 0 amide bonds. The van der Waals surface area contributed by atoms with E-state index in [1.54, 1.807) is 6.07 Å². The van der Waals surface area contributed by atoms with Crippen molar-refractivity contribution in [2.45, 2.75) is 11.3 Å². The SMILES string of the molecule is O=S(=O)(c1c(Cl)cccc1Cl)N1CCN(CCc2ccc(F)cc2F)CC1. The first-order chi connectivity index (χ1) is 12.8. The molecule has 0 atom stereocenters. The summed E-state index contributed by atoms with van der Waals surface area (Å²) < 4.78 is 53.7. The van der Waals surface area contributed by atoms with Gasteiger partial charge in [0.2, 0.25) is 10.0 Å². The van der Waals surface area contributed by atoms with E-state index >= 15 is 0 Å². The third-order valence-electron chi connectivity index (χ3n) is 4.56. The zero-order valence-electron chi connectivity index (χ0n) is 14.3. The summed E-state index contributed by atoms with van der Waals surface area (Å²) in [6.45, 7) is 2.14. The molecule has 27 heavy (non-hydrogen) atoms. The summed E-state index contributed by atoms with van der Waals surface area (Å²) in [5.41, 5.74) is 0.439. The average molecular weight is 435 g/mol. The van der Waals surface area contributed by atoms with Crippen molar-refractivity contribution in [2.24, 2.45) is 0 Å². The second kappa shape index (κ2) is 8.41. The summed E-state index contributed by atoms with van der Waals surface area (Å²) in [6, 6.07) is 8.12. The maximum Gasteiger partial charge on any atom is 0.246 e. The van der Waals surface area contributed by atoms with Crippen LogP contribution in [-0.2, 0) is 16.4 Å². The molecule has 1 aliphatic heterocycles. The Morgan fingerprint density at radius 3 is 2.19 bits per heavy atom. The van der Waals surface area contributed by atoms with Crippen LogP contribution in [0.4, 0.5) is 8.78 Å². The standard InChI is InChI=1S/C18H18Cl2F2N2O2S/c19-15-2-1-3-16(20)18(15)27(25,26)24-10-8-23(9-11-24)7-6-13-4-5-14(21)12-17(13)22/h1-5,12H,6-11H2. The smallest absolute Gasteiger partial charge is 0.246 e. The average Bonchev–Trinajstić information content (AvgIpc) is 2.61. The first kappa shape index (κ1) is 20.5. The van der Waals surface area contributed by atoms with E-state index in [2.05, 4.69) is 0 Å². The Morgan fingerprint density at radius 2 is 1.59 bits per heavy atom. The molecular formula is C18H18Cl2F2N2O2S. The molecule has 1 saturated heterocycles. The van der Waals surface area contributed by atoms with Crippen LogP contribution in [0.15, 0.2) is 41.3 Å². The molecule has 2 aromatic rings. The molecule has 0 saturated carbocycles. The van der Waals surface area contributed by atoms with Gasteiger partial charge in [0.15, 0.2) is 0 Å². The molecule has 0 N–H and O–H groups in total. The van der Waals surface area contributed by atoms with Crippen LogP contribution in [0.5, 0.6) is 0 Å². The van der Waals surface area contributed by atoms with Crippen LogP contribution in [0.2, 0.25) is 10.0 Å². The van der Waals surface area contributed by atoms with Gasteiger partial charge >= 0.3 is 0 Å². The van der Waals surface area contributed by atoms with Crippen molar-refractivity contribution in [2.75, 3.05) is 32.7 Å². The van der Waals surface area contributed by atoms with Crippen molar-refractivity contribution < 1.29 is 17.2 Å². The third-order valence-corrected chi connectivity index (χ3v) is 7.42. The molecule has 146 valence electrons. The van der Waals surface area contributed by atoms with Gasteiger partial charge in [0.25, 0.3) is 0 Å². The highest BCUT2D eigenvalue weighted by atomic mass is 35.5. The predicted molar refractivity (Wildman–Crippen MR) is 102 cm³/mol. The lowest BCUT2D eigenvalue weighted by atomic mass is 10.1. The fourth-order valence-electron chi connectivity index (χ4n) is 3.05. The normalized spacial score (nSPS) is 16.6. The zero-order chi connectivity index (χ0) is 19.6. The van der Waals surface area contributed by atoms with E-state index in [1.807, 2.05) is 4.90 Å². The van der Waals surface area contributed by atoms with E-state index < -0.39 is 21.7 Å². The minimum absolute atomic E-state index is 0.0739. The van der Waals surface area contributed by atoms with E-state index in [-0.39, 0.29) is 28.0 Å². The number of halogens is 4. The molecule has 0 unspecified atom stereocenters. The van der Waals surface area contributed by atoms with Crippen molar-refractivity contribution in [3.8, 4) is 0 Å². The molecule has 1 heterocycles. The zero-order valence-corrected chi connectivity index (χ0v) is 16.7. The Labute approximate surface area is 167 Å². The quantitative estimate of drug-likeness (QED) is 0.717. The van der Waals surface area contributed by atoms with Crippen molar-refractivity contribution in [3.05, 3.63) is 63.6 Å². The number of benzene rings is 2. The van der Waals surface area contributed by atoms with Gasteiger partial charge < -0.3 is 4.90 Å². The number of hydrogen-bond donors (Lipinski definition) is 0. The van der Waals surface area contributed by atoms with Crippen molar-refractivity contribution >= 4 is 33.2 Å². The van der Waals surface area contributed by atoms with E-state index in [1.165, 1.54) is 28.6 Å². The van der Waals surface area contributed by atoms with Gasteiger partial charge in [-0.25, -0.2) is 17.2 Å². The molecular weight excluding hydrogens is 417 g/mol. The Kier molecular flexibility index (Phi) is 6.38. The molecule has 1 fully saturated rings. The summed E-state index contributed by atoms with van der Waals surface area (Å²) >= 11 is 12.1. The van der Waals surface area contributed by atoms with E-state index in [0.717, 1.165) is 6.07 Å². The van der Waals surface area contributed by atoms with Crippen LogP contribution >= 0.6 is 23.2 Å². The van der Waals surface area contributed by atoms with Gasteiger partial charge in [-0.15, -0.1) is 0 Å². The second-order valence-corrected chi connectivity index (χ2v) is 8.97. The molecule has 0 aromatic heterocycles. The lowest BCUT2D eigenvalue weighted by Gasteiger charge is -2.34. The topological polar surface area (TPSA) is 40.6 Å². The minimum Gasteiger partial charge on any atom is -0.300 e. The van der Waals surface area contributed by atoms with Gasteiger partial charge in [0.1, 0.15) is 16.5 Å².